The third-order valence-electron chi connectivity index (χ3n) is 2.44. The van der Waals surface area contributed by atoms with Crippen LogP contribution in [0.25, 0.3) is 0 Å². The van der Waals surface area contributed by atoms with E-state index in [1.54, 1.807) is 0 Å². The Labute approximate surface area is 97.3 Å². The average Bonchev–Trinajstić information content (AvgIpc) is 3.11. The highest BCUT2D eigenvalue weighted by Gasteiger charge is 2.36. The number of benzene rings is 1. The van der Waals surface area contributed by atoms with Gasteiger partial charge in [-0.05, 0) is 43.0 Å². The first-order valence-corrected chi connectivity index (χ1v) is 5.35. The minimum absolute atomic E-state index is 0.0133. The molecule has 1 aromatic rings. The van der Waals surface area contributed by atoms with Gasteiger partial charge in [-0.3, -0.25) is 9.53 Å². The number of halogens is 2. The van der Waals surface area contributed by atoms with E-state index in [1.165, 1.54) is 24.3 Å². The summed E-state index contributed by atoms with van der Waals surface area (Å²) in [4.78, 5) is 10.4. The van der Waals surface area contributed by atoms with Crippen molar-refractivity contribution in [3.8, 4) is 5.75 Å². The lowest BCUT2D eigenvalue weighted by atomic mass is 10.2. The quantitative estimate of drug-likeness (QED) is 0.568. The van der Waals surface area contributed by atoms with E-state index in [1.807, 2.05) is 0 Å². The largest absolute Gasteiger partial charge is 0.535 e. The molecule has 2 rings (SSSR count). The Morgan fingerprint density at radius 2 is 1.94 bits per heavy atom. The number of alkyl halides is 2. The summed E-state index contributed by atoms with van der Waals surface area (Å²) in [6, 6.07) is 5.41. The molecule has 0 unspecified atom stereocenters. The number of carbonyl (C=O) groups excluding carboxylic acids is 1. The lowest BCUT2D eigenvalue weighted by Gasteiger charge is -2.17. The molecule has 1 saturated carbocycles. The molecular weight excluding hydrogens is 230 g/mol. The Kier molecular flexibility index (Phi) is 3.38. The van der Waals surface area contributed by atoms with Crippen molar-refractivity contribution in [1.29, 1.82) is 0 Å². The van der Waals surface area contributed by atoms with Crippen LogP contribution >= 0.6 is 0 Å². The Bertz CT molecular complexity index is 385. The molecule has 0 atom stereocenters. The van der Waals surface area contributed by atoms with E-state index >= 15 is 0 Å². The standard InChI is InChI=1S/C12H12F2O3/c13-12(14,16-8-10-1-2-10)17-11-5-3-9(7-15)4-6-11/h3-7,10H,1-2,8H2. The van der Waals surface area contributed by atoms with E-state index in [9.17, 15) is 13.6 Å². The van der Waals surface area contributed by atoms with E-state index in [4.69, 9.17) is 0 Å². The smallest absolute Gasteiger partial charge is 0.409 e. The van der Waals surface area contributed by atoms with Crippen molar-refractivity contribution in [2.45, 2.75) is 19.1 Å². The van der Waals surface area contributed by atoms with Crippen LogP contribution in [0.15, 0.2) is 24.3 Å². The van der Waals surface area contributed by atoms with Gasteiger partial charge in [0.1, 0.15) is 12.0 Å². The first-order chi connectivity index (χ1) is 8.09. The van der Waals surface area contributed by atoms with E-state index in [0.717, 1.165) is 12.8 Å². The van der Waals surface area contributed by atoms with Gasteiger partial charge < -0.3 is 4.74 Å². The highest BCUT2D eigenvalue weighted by atomic mass is 19.3. The van der Waals surface area contributed by atoms with Gasteiger partial charge in [-0.1, -0.05) is 0 Å². The molecule has 0 radical (unpaired) electrons. The Balaban J connectivity index is 1.89. The van der Waals surface area contributed by atoms with Crippen molar-refractivity contribution in [1.82, 2.24) is 0 Å². The predicted octanol–water partition coefficient (Wildman–Crippen LogP) is 2.85. The molecule has 0 amide bonds. The zero-order valence-electron chi connectivity index (χ0n) is 9.07. The highest BCUT2D eigenvalue weighted by molar-refractivity contribution is 5.74. The summed E-state index contributed by atoms with van der Waals surface area (Å²) in [5, 5.41) is 0. The molecule has 0 saturated heterocycles. The number of hydrogen-bond donors (Lipinski definition) is 0. The van der Waals surface area contributed by atoms with Crippen molar-refractivity contribution in [2.24, 2.45) is 5.92 Å². The van der Waals surface area contributed by atoms with E-state index in [-0.39, 0.29) is 18.3 Å². The van der Waals surface area contributed by atoms with Gasteiger partial charge in [0.2, 0.25) is 0 Å². The fourth-order valence-electron chi connectivity index (χ4n) is 1.28. The Morgan fingerprint density at radius 1 is 1.29 bits per heavy atom. The van der Waals surface area contributed by atoms with Crippen LogP contribution in [0.2, 0.25) is 0 Å². The number of rotatable bonds is 6. The molecule has 0 N–H and O–H groups in total. The van der Waals surface area contributed by atoms with Crippen LogP contribution in [0, 0.1) is 5.92 Å². The molecule has 0 spiro atoms. The van der Waals surface area contributed by atoms with Gasteiger partial charge in [0.05, 0.1) is 6.61 Å². The molecule has 1 aliphatic carbocycles. The summed E-state index contributed by atoms with van der Waals surface area (Å²) in [7, 11) is 0. The lowest BCUT2D eigenvalue weighted by Crippen LogP contribution is -2.29. The monoisotopic (exact) mass is 242 g/mol. The molecule has 5 heteroatoms. The van der Waals surface area contributed by atoms with Crippen LogP contribution in [0.3, 0.4) is 0 Å². The molecule has 17 heavy (non-hydrogen) atoms. The van der Waals surface area contributed by atoms with E-state index in [0.29, 0.717) is 11.8 Å². The second kappa shape index (κ2) is 4.79. The minimum Gasteiger partial charge on any atom is -0.409 e. The van der Waals surface area contributed by atoms with E-state index in [2.05, 4.69) is 9.47 Å². The van der Waals surface area contributed by atoms with Crippen LogP contribution in [0.4, 0.5) is 8.78 Å². The molecule has 1 fully saturated rings. The molecule has 92 valence electrons. The maximum absolute atomic E-state index is 13.2. The fourth-order valence-corrected chi connectivity index (χ4v) is 1.28. The first-order valence-electron chi connectivity index (χ1n) is 5.35. The summed E-state index contributed by atoms with van der Waals surface area (Å²) < 4.78 is 35.1. The molecule has 0 bridgehead atoms. The Hall–Kier alpha value is -1.49. The predicted molar refractivity (Wildman–Crippen MR) is 56.1 cm³/mol. The maximum Gasteiger partial charge on any atom is 0.535 e. The fraction of sp³-hybridized carbons (Fsp3) is 0.417. The first kappa shape index (κ1) is 12.0. The molecule has 1 aromatic carbocycles. The van der Waals surface area contributed by atoms with Crippen molar-refractivity contribution in [3.05, 3.63) is 29.8 Å². The summed E-state index contributed by atoms with van der Waals surface area (Å²) >= 11 is 0. The maximum atomic E-state index is 13.2. The van der Waals surface area contributed by atoms with E-state index < -0.39 is 6.29 Å². The zero-order valence-corrected chi connectivity index (χ0v) is 9.07. The van der Waals surface area contributed by atoms with Gasteiger partial charge in [-0.25, -0.2) is 0 Å². The summed E-state index contributed by atoms with van der Waals surface area (Å²) in [6.45, 7) is 0.0133. The number of carbonyl (C=O) groups is 1. The molecule has 0 aliphatic heterocycles. The summed E-state index contributed by atoms with van der Waals surface area (Å²) in [5.41, 5.74) is 0.402. The lowest BCUT2D eigenvalue weighted by molar-refractivity contribution is -0.354. The minimum atomic E-state index is -3.62. The Morgan fingerprint density at radius 3 is 2.47 bits per heavy atom. The van der Waals surface area contributed by atoms with Crippen LogP contribution in [-0.4, -0.2) is 19.2 Å². The van der Waals surface area contributed by atoms with Crippen molar-refractivity contribution < 1.29 is 23.0 Å². The van der Waals surface area contributed by atoms with Crippen molar-refractivity contribution >= 4 is 6.29 Å². The molecule has 0 heterocycles. The van der Waals surface area contributed by atoms with Gasteiger partial charge in [0.25, 0.3) is 0 Å². The van der Waals surface area contributed by atoms with Gasteiger partial charge >= 0.3 is 6.29 Å². The van der Waals surface area contributed by atoms with Crippen LogP contribution < -0.4 is 4.74 Å². The molecule has 1 aliphatic rings. The normalized spacial score (nSPS) is 15.6. The summed E-state index contributed by atoms with van der Waals surface area (Å²) in [6.07, 6.45) is -1.12. The van der Waals surface area contributed by atoms with Gasteiger partial charge in [-0.2, -0.15) is 0 Å². The highest BCUT2D eigenvalue weighted by Crippen LogP contribution is 2.32. The second-order valence-electron chi connectivity index (χ2n) is 4.01. The summed E-state index contributed by atoms with van der Waals surface area (Å²) in [5.74, 6) is 0.207. The topological polar surface area (TPSA) is 35.5 Å². The number of hydrogen-bond acceptors (Lipinski definition) is 3. The molecular formula is C12H12F2O3. The van der Waals surface area contributed by atoms with Gasteiger partial charge in [0.15, 0.2) is 0 Å². The van der Waals surface area contributed by atoms with Crippen molar-refractivity contribution in [2.75, 3.05) is 6.61 Å². The SMILES string of the molecule is O=Cc1ccc(OC(F)(F)OCC2CC2)cc1. The zero-order chi connectivity index (χ0) is 12.3. The second-order valence-corrected chi connectivity index (χ2v) is 4.01. The van der Waals surface area contributed by atoms with Gasteiger partial charge in [0, 0.05) is 5.56 Å². The molecule has 3 nitrogen and oxygen atoms in total. The third-order valence-corrected chi connectivity index (χ3v) is 2.44. The molecule has 0 aromatic heterocycles. The third kappa shape index (κ3) is 3.78. The van der Waals surface area contributed by atoms with Crippen molar-refractivity contribution in [3.63, 3.8) is 0 Å². The number of aldehydes is 1. The number of ether oxygens (including phenoxy) is 2. The van der Waals surface area contributed by atoms with Crippen LogP contribution in [0.5, 0.6) is 5.75 Å². The van der Waals surface area contributed by atoms with Crippen LogP contribution in [-0.2, 0) is 4.74 Å². The van der Waals surface area contributed by atoms with Crippen LogP contribution in [0.1, 0.15) is 23.2 Å². The van der Waals surface area contributed by atoms with Gasteiger partial charge in [-0.15, -0.1) is 8.78 Å². The average molecular weight is 242 g/mol.